The van der Waals surface area contributed by atoms with E-state index in [-0.39, 0.29) is 11.7 Å². The molecule has 1 fully saturated rings. The molecular weight excluding hydrogens is 601 g/mol. The predicted molar refractivity (Wildman–Crippen MR) is 172 cm³/mol. The predicted octanol–water partition coefficient (Wildman–Crippen LogP) is 5.04. The van der Waals surface area contributed by atoms with E-state index in [4.69, 9.17) is 25.8 Å². The van der Waals surface area contributed by atoms with Crippen LogP contribution in [0.3, 0.4) is 0 Å². The highest BCUT2D eigenvalue weighted by Crippen LogP contribution is 2.52. The summed E-state index contributed by atoms with van der Waals surface area (Å²) in [5.74, 6) is -0.0850. The number of pyridine rings is 1. The second-order valence-corrected chi connectivity index (χ2v) is 12.8. The van der Waals surface area contributed by atoms with Crippen molar-refractivity contribution in [3.63, 3.8) is 0 Å². The molecule has 1 aromatic carbocycles. The lowest BCUT2D eigenvalue weighted by Gasteiger charge is -2.43. The molecule has 0 saturated carbocycles. The van der Waals surface area contributed by atoms with Gasteiger partial charge in [-0.1, -0.05) is 30.3 Å². The Kier molecular flexibility index (Phi) is 9.25. The zero-order valence-electron chi connectivity index (χ0n) is 26.4. The Balaban J connectivity index is 1.58. The molecule has 1 saturated heterocycles. The molecule has 1 amide bonds. The van der Waals surface area contributed by atoms with E-state index in [9.17, 15) is 9.59 Å². The zero-order chi connectivity index (χ0) is 32.5. The smallest absolute Gasteiger partial charge is 0.410 e. The molecule has 45 heavy (non-hydrogen) atoms. The number of amides is 1. The Labute approximate surface area is 267 Å². The summed E-state index contributed by atoms with van der Waals surface area (Å²) in [5.41, 5.74) is 0.614. The monoisotopic (exact) mass is 639 g/mol. The van der Waals surface area contributed by atoms with Crippen molar-refractivity contribution in [2.45, 2.75) is 43.4 Å². The molecular formula is C33H39ClFN5O5. The Hall–Kier alpha value is -3.93. The Bertz CT molecular complexity index is 1660. The molecule has 1 aliphatic heterocycles. The van der Waals surface area contributed by atoms with Crippen LogP contribution in [-0.2, 0) is 26.1 Å². The highest BCUT2D eigenvalue weighted by molar-refractivity contribution is 6.31. The van der Waals surface area contributed by atoms with E-state index in [0.29, 0.717) is 43.2 Å². The van der Waals surface area contributed by atoms with Gasteiger partial charge in [-0.3, -0.25) is 9.47 Å². The first kappa shape index (κ1) is 32.5. The second kappa shape index (κ2) is 12.8. The first-order chi connectivity index (χ1) is 21.4. The fourth-order valence-corrected chi connectivity index (χ4v) is 6.44. The number of aromatic nitrogens is 3. The van der Waals surface area contributed by atoms with E-state index in [1.165, 1.54) is 28.5 Å². The summed E-state index contributed by atoms with van der Waals surface area (Å²) in [6.07, 6.45) is 4.74. The SMILES string of the molecule is COC[C@@H]1CN(c2cc(C3(Cl)C(n4ccn(C)c4=O)=C(F)C=C(c4ccccc4)C3OC)ccn2)CCN1C(=O)OC(C)(C)C. The van der Waals surface area contributed by atoms with Crippen LogP contribution in [0.4, 0.5) is 15.0 Å². The number of hydrogen-bond donors (Lipinski definition) is 0. The number of allylic oxidation sites excluding steroid dienone is 2. The maximum atomic E-state index is 16.4. The number of carbonyl (C=O) groups is 1. The number of halogens is 2. The molecule has 0 spiro atoms. The average molecular weight is 640 g/mol. The lowest BCUT2D eigenvalue weighted by atomic mass is 9.79. The van der Waals surface area contributed by atoms with Crippen molar-refractivity contribution in [2.75, 3.05) is 45.4 Å². The van der Waals surface area contributed by atoms with Gasteiger partial charge in [0, 0.05) is 59.5 Å². The highest BCUT2D eigenvalue weighted by atomic mass is 35.5. The summed E-state index contributed by atoms with van der Waals surface area (Å²) in [7, 11) is 4.69. The van der Waals surface area contributed by atoms with Gasteiger partial charge in [0.05, 0.1) is 18.3 Å². The average Bonchev–Trinajstić information content (AvgIpc) is 3.33. The van der Waals surface area contributed by atoms with Gasteiger partial charge in [-0.05, 0) is 55.7 Å². The van der Waals surface area contributed by atoms with Gasteiger partial charge in [0.25, 0.3) is 0 Å². The van der Waals surface area contributed by atoms with Crippen molar-refractivity contribution in [1.82, 2.24) is 19.0 Å². The van der Waals surface area contributed by atoms with Gasteiger partial charge in [-0.2, -0.15) is 0 Å². The lowest BCUT2D eigenvalue weighted by Crippen LogP contribution is -2.58. The van der Waals surface area contributed by atoms with Crippen LogP contribution in [0.2, 0.25) is 0 Å². The summed E-state index contributed by atoms with van der Waals surface area (Å²) in [4.78, 5) is 32.9. The van der Waals surface area contributed by atoms with Crippen LogP contribution in [0.25, 0.3) is 11.3 Å². The first-order valence-corrected chi connectivity index (χ1v) is 15.1. The third kappa shape index (κ3) is 6.29. The topological polar surface area (TPSA) is 91.1 Å². The maximum absolute atomic E-state index is 16.4. The van der Waals surface area contributed by atoms with Crippen molar-refractivity contribution in [3.8, 4) is 0 Å². The number of ether oxygens (including phenoxy) is 3. The number of carbonyl (C=O) groups excluding carboxylic acids is 1. The quantitative estimate of drug-likeness (QED) is 0.335. The number of rotatable bonds is 7. The van der Waals surface area contributed by atoms with Gasteiger partial charge >= 0.3 is 11.8 Å². The third-order valence-corrected chi connectivity index (χ3v) is 8.58. The van der Waals surface area contributed by atoms with Crippen LogP contribution >= 0.6 is 11.6 Å². The molecule has 3 heterocycles. The van der Waals surface area contributed by atoms with Crippen molar-refractivity contribution < 1.29 is 23.4 Å². The molecule has 1 aliphatic carbocycles. The van der Waals surface area contributed by atoms with Crippen molar-refractivity contribution in [1.29, 1.82) is 0 Å². The first-order valence-electron chi connectivity index (χ1n) is 14.7. The van der Waals surface area contributed by atoms with Crippen LogP contribution in [0.1, 0.15) is 31.9 Å². The van der Waals surface area contributed by atoms with Crippen molar-refractivity contribution in [2.24, 2.45) is 7.05 Å². The Morgan fingerprint density at radius 3 is 2.49 bits per heavy atom. The molecule has 2 unspecified atom stereocenters. The molecule has 5 rings (SSSR count). The number of alkyl halides is 1. The highest BCUT2D eigenvalue weighted by Gasteiger charge is 2.51. The van der Waals surface area contributed by atoms with E-state index in [0.717, 1.165) is 5.56 Å². The Morgan fingerprint density at radius 1 is 1.13 bits per heavy atom. The van der Waals surface area contributed by atoms with Gasteiger partial charge < -0.3 is 23.7 Å². The number of methoxy groups -OCH3 is 2. The summed E-state index contributed by atoms with van der Waals surface area (Å²) >= 11 is 7.64. The number of imidazole rings is 1. The van der Waals surface area contributed by atoms with E-state index in [1.807, 2.05) is 56.0 Å². The van der Waals surface area contributed by atoms with E-state index >= 15 is 4.39 Å². The normalized spacial score (nSPS) is 22.4. The number of piperazine rings is 1. The standard InChI is InChI=1S/C33H39ClFN5O5/c1-32(2,3)45-31(42)39-17-15-38(20-24(39)21-43-5)27-18-23(12-13-36-27)33(34)28(40-16-14-37(4)30(40)41)26(35)19-25(29(33)44-6)22-10-8-7-9-11-22/h7-14,16,18-19,24,29H,15,17,20-21H2,1-6H3/t24-,29?,33?/m0/s1. The number of hydrogen-bond acceptors (Lipinski definition) is 7. The molecule has 2 aliphatic rings. The summed E-state index contributed by atoms with van der Waals surface area (Å²) in [6, 6.07) is 12.5. The number of benzene rings is 1. The van der Waals surface area contributed by atoms with E-state index < -0.39 is 34.2 Å². The summed E-state index contributed by atoms with van der Waals surface area (Å²) in [6.45, 7) is 7.03. The van der Waals surface area contributed by atoms with Crippen LogP contribution in [0.15, 0.2) is 77.8 Å². The minimum Gasteiger partial charge on any atom is -0.444 e. The van der Waals surface area contributed by atoms with Crippen molar-refractivity contribution >= 4 is 34.8 Å². The number of anilines is 1. The third-order valence-electron chi connectivity index (χ3n) is 7.99. The summed E-state index contributed by atoms with van der Waals surface area (Å²) in [5, 5.41) is 0. The van der Waals surface area contributed by atoms with Gasteiger partial charge in [0.15, 0.2) is 0 Å². The largest absolute Gasteiger partial charge is 0.444 e. The van der Waals surface area contributed by atoms with Gasteiger partial charge in [0.2, 0.25) is 0 Å². The summed E-state index contributed by atoms with van der Waals surface area (Å²) < 4.78 is 36.1. The van der Waals surface area contributed by atoms with Gasteiger partial charge in [-0.15, -0.1) is 11.6 Å². The molecule has 10 nitrogen and oxygen atoms in total. The Morgan fingerprint density at radius 2 is 1.87 bits per heavy atom. The molecule has 3 atom stereocenters. The van der Waals surface area contributed by atoms with E-state index in [2.05, 4.69) is 4.98 Å². The van der Waals surface area contributed by atoms with Crippen LogP contribution in [0, 0.1) is 0 Å². The maximum Gasteiger partial charge on any atom is 0.410 e. The van der Waals surface area contributed by atoms with Gasteiger partial charge in [-0.25, -0.2) is 19.0 Å². The zero-order valence-corrected chi connectivity index (χ0v) is 27.1. The molecule has 0 bridgehead atoms. The van der Waals surface area contributed by atoms with Crippen molar-refractivity contribution in [3.05, 3.63) is 94.6 Å². The number of nitrogens with zero attached hydrogens (tertiary/aromatic N) is 5. The number of aryl methyl sites for hydroxylation is 1. The molecule has 0 radical (unpaired) electrons. The minimum atomic E-state index is -1.67. The molecule has 3 aromatic rings. The van der Waals surface area contributed by atoms with Gasteiger partial charge in [0.1, 0.15) is 28.2 Å². The van der Waals surface area contributed by atoms with Crippen LogP contribution < -0.4 is 10.6 Å². The fraction of sp³-hybridized carbons (Fsp3) is 0.424. The van der Waals surface area contributed by atoms with Crippen LogP contribution in [-0.4, -0.2) is 83.3 Å². The molecule has 0 N–H and O–H groups in total. The molecule has 12 heteroatoms. The lowest BCUT2D eigenvalue weighted by molar-refractivity contribution is 0.00337. The van der Waals surface area contributed by atoms with E-state index in [1.54, 1.807) is 43.6 Å². The fourth-order valence-electron chi connectivity index (χ4n) is 5.94. The van der Waals surface area contributed by atoms with Crippen LogP contribution in [0.5, 0.6) is 0 Å². The minimum absolute atomic E-state index is 0.0505. The molecule has 2 aromatic heterocycles. The second-order valence-electron chi connectivity index (χ2n) is 12.2. The molecule has 240 valence electrons.